The van der Waals surface area contributed by atoms with Gasteiger partial charge in [0, 0.05) is 22.6 Å². The molecule has 1 heterocycles. The third kappa shape index (κ3) is 3.44. The molecule has 0 N–H and O–H groups in total. The number of hydrogen-bond donors (Lipinski definition) is 0. The van der Waals surface area contributed by atoms with Gasteiger partial charge in [0.1, 0.15) is 0 Å². The van der Waals surface area contributed by atoms with Crippen LogP contribution in [0.4, 0.5) is 0 Å². The zero-order chi connectivity index (χ0) is 21.9. The van der Waals surface area contributed by atoms with Crippen molar-refractivity contribution >= 4 is 11.8 Å². The molecule has 164 valence electrons. The van der Waals surface area contributed by atoms with Crippen LogP contribution in [0.2, 0.25) is 0 Å². The molecule has 1 aromatic carbocycles. The van der Waals surface area contributed by atoms with Crippen molar-refractivity contribution in [3.05, 3.63) is 52.3 Å². The number of aryl methyl sites for hydroxylation is 3. The summed E-state index contributed by atoms with van der Waals surface area (Å²) in [4.78, 5) is 26.1. The van der Waals surface area contributed by atoms with Crippen molar-refractivity contribution in [2.24, 2.45) is 23.2 Å². The fourth-order valence-corrected chi connectivity index (χ4v) is 7.03. The summed E-state index contributed by atoms with van der Waals surface area (Å²) in [7, 11) is 0. The average Bonchev–Trinajstić information content (AvgIpc) is 3.01. The monoisotopic (exact) mass is 419 g/mol. The molecule has 2 aromatic rings. The van der Waals surface area contributed by atoms with E-state index in [-0.39, 0.29) is 23.8 Å². The van der Waals surface area contributed by atoms with Gasteiger partial charge in [0.15, 0.2) is 6.61 Å². The number of carbonyl (C=O) groups is 2. The number of ketones is 1. The van der Waals surface area contributed by atoms with E-state index in [0.717, 1.165) is 36.3 Å². The van der Waals surface area contributed by atoms with E-state index in [1.54, 1.807) is 0 Å². The molecule has 0 amide bonds. The predicted molar refractivity (Wildman–Crippen MR) is 121 cm³/mol. The van der Waals surface area contributed by atoms with Gasteiger partial charge in [-0.05, 0) is 113 Å². The normalized spacial score (nSPS) is 28.7. The molecule has 4 heteroatoms. The van der Waals surface area contributed by atoms with Gasteiger partial charge in [0.05, 0.1) is 5.41 Å². The quantitative estimate of drug-likeness (QED) is 0.464. The Morgan fingerprint density at radius 1 is 0.935 bits per heavy atom. The summed E-state index contributed by atoms with van der Waals surface area (Å²) < 4.78 is 7.80. The smallest absolute Gasteiger partial charge is 0.312 e. The van der Waals surface area contributed by atoms with Crippen molar-refractivity contribution in [3.8, 4) is 5.69 Å². The van der Waals surface area contributed by atoms with Crippen molar-refractivity contribution in [2.75, 3.05) is 6.61 Å². The van der Waals surface area contributed by atoms with E-state index < -0.39 is 0 Å². The molecule has 4 fully saturated rings. The standard InChI is InChI=1S/C27H33NO3/c1-16-5-6-23(7-17(16)2)28-18(3)8-24(19(28)4)25(29)15-31-26(30)27-12-20-9-21(13-27)11-22(10-20)14-27/h5-8,20-22H,9-15H2,1-4H3. The van der Waals surface area contributed by atoms with Crippen LogP contribution in [-0.4, -0.2) is 22.9 Å². The van der Waals surface area contributed by atoms with Crippen molar-refractivity contribution in [2.45, 2.75) is 66.2 Å². The molecule has 4 aliphatic rings. The maximum Gasteiger partial charge on any atom is 0.312 e. The summed E-state index contributed by atoms with van der Waals surface area (Å²) in [5.41, 5.74) is 5.78. The molecule has 1 aromatic heterocycles. The number of aromatic nitrogens is 1. The lowest BCUT2D eigenvalue weighted by atomic mass is 9.49. The van der Waals surface area contributed by atoms with Gasteiger partial charge >= 0.3 is 5.97 Å². The van der Waals surface area contributed by atoms with Gasteiger partial charge < -0.3 is 9.30 Å². The first-order valence-corrected chi connectivity index (χ1v) is 11.7. The van der Waals surface area contributed by atoms with Gasteiger partial charge in [-0.1, -0.05) is 6.07 Å². The van der Waals surface area contributed by atoms with E-state index in [1.807, 2.05) is 19.9 Å². The lowest BCUT2D eigenvalue weighted by Crippen LogP contribution is -2.50. The third-order valence-corrected chi connectivity index (χ3v) is 8.29. The Morgan fingerprint density at radius 2 is 1.55 bits per heavy atom. The van der Waals surface area contributed by atoms with Crippen LogP contribution in [0.5, 0.6) is 0 Å². The van der Waals surface area contributed by atoms with Gasteiger partial charge in [-0.2, -0.15) is 0 Å². The minimum Gasteiger partial charge on any atom is -0.457 e. The van der Waals surface area contributed by atoms with Crippen LogP contribution in [-0.2, 0) is 9.53 Å². The highest BCUT2D eigenvalue weighted by atomic mass is 16.5. The van der Waals surface area contributed by atoms with Crippen molar-refractivity contribution in [3.63, 3.8) is 0 Å². The average molecular weight is 420 g/mol. The van der Waals surface area contributed by atoms with Crippen LogP contribution in [0.3, 0.4) is 0 Å². The molecule has 4 saturated carbocycles. The van der Waals surface area contributed by atoms with E-state index >= 15 is 0 Å². The Bertz CT molecular complexity index is 1030. The van der Waals surface area contributed by atoms with E-state index in [9.17, 15) is 9.59 Å². The first-order chi connectivity index (χ1) is 14.8. The number of ether oxygens (including phenoxy) is 1. The topological polar surface area (TPSA) is 48.3 Å². The SMILES string of the molecule is Cc1ccc(-n2c(C)cc(C(=O)COC(=O)C34CC5CC(CC(C5)C3)C4)c2C)cc1C. The molecular formula is C27H33NO3. The molecular weight excluding hydrogens is 386 g/mol. The number of carbonyl (C=O) groups excluding carboxylic acids is 2. The van der Waals surface area contributed by atoms with E-state index in [1.165, 1.54) is 30.4 Å². The van der Waals surface area contributed by atoms with Gasteiger partial charge in [-0.25, -0.2) is 0 Å². The summed E-state index contributed by atoms with van der Waals surface area (Å²) in [6.07, 6.45) is 6.76. The molecule has 0 saturated heterocycles. The molecule has 0 unspecified atom stereocenters. The molecule has 4 bridgehead atoms. The largest absolute Gasteiger partial charge is 0.457 e. The molecule has 6 rings (SSSR count). The first kappa shape index (κ1) is 20.5. The third-order valence-electron chi connectivity index (χ3n) is 8.29. The summed E-state index contributed by atoms with van der Waals surface area (Å²) in [5.74, 6) is 1.83. The van der Waals surface area contributed by atoms with Gasteiger partial charge in [-0.15, -0.1) is 0 Å². The van der Waals surface area contributed by atoms with E-state index in [0.29, 0.717) is 23.3 Å². The molecule has 4 nitrogen and oxygen atoms in total. The van der Waals surface area contributed by atoms with Crippen molar-refractivity contribution in [1.29, 1.82) is 0 Å². The number of Topliss-reactive ketones (excluding diaryl/α,β-unsaturated/α-hetero) is 1. The maximum atomic E-state index is 13.1. The second-order valence-corrected chi connectivity index (χ2v) is 10.6. The zero-order valence-corrected chi connectivity index (χ0v) is 19.2. The lowest BCUT2D eigenvalue weighted by molar-refractivity contribution is -0.170. The second-order valence-electron chi connectivity index (χ2n) is 10.6. The van der Waals surface area contributed by atoms with Gasteiger partial charge in [-0.3, -0.25) is 9.59 Å². The molecule has 0 radical (unpaired) electrons. The Kier molecular flexibility index (Phi) is 4.87. The first-order valence-electron chi connectivity index (χ1n) is 11.7. The van der Waals surface area contributed by atoms with Crippen LogP contribution in [0.1, 0.15) is 71.4 Å². The fourth-order valence-electron chi connectivity index (χ4n) is 7.03. The summed E-state index contributed by atoms with van der Waals surface area (Å²) >= 11 is 0. The number of benzene rings is 1. The number of esters is 1. The summed E-state index contributed by atoms with van der Waals surface area (Å²) in [5, 5.41) is 0. The minimum absolute atomic E-state index is 0.110. The molecule has 0 aliphatic heterocycles. The summed E-state index contributed by atoms with van der Waals surface area (Å²) in [6, 6.07) is 8.27. The van der Waals surface area contributed by atoms with Gasteiger partial charge in [0.2, 0.25) is 5.78 Å². The van der Waals surface area contributed by atoms with Crippen LogP contribution >= 0.6 is 0 Å². The van der Waals surface area contributed by atoms with Crippen LogP contribution < -0.4 is 0 Å². The molecule has 31 heavy (non-hydrogen) atoms. The maximum absolute atomic E-state index is 13.1. The van der Waals surface area contributed by atoms with Crippen LogP contribution in [0.15, 0.2) is 24.3 Å². The second kappa shape index (κ2) is 7.36. The highest BCUT2D eigenvalue weighted by molar-refractivity contribution is 5.99. The lowest BCUT2D eigenvalue weighted by Gasteiger charge is -2.55. The number of nitrogens with zero attached hydrogens (tertiary/aromatic N) is 1. The minimum atomic E-state index is -0.314. The van der Waals surface area contributed by atoms with E-state index in [4.69, 9.17) is 4.74 Å². The van der Waals surface area contributed by atoms with E-state index in [2.05, 4.69) is 36.6 Å². The number of hydrogen-bond acceptors (Lipinski definition) is 3. The Balaban J connectivity index is 1.31. The Morgan fingerprint density at radius 3 is 2.13 bits per heavy atom. The van der Waals surface area contributed by atoms with Crippen LogP contribution in [0.25, 0.3) is 5.69 Å². The molecule has 4 aliphatic carbocycles. The fraction of sp³-hybridized carbons (Fsp3) is 0.556. The Labute approximate surface area is 185 Å². The predicted octanol–water partition coefficient (Wildman–Crippen LogP) is 5.65. The van der Waals surface area contributed by atoms with Gasteiger partial charge in [0.25, 0.3) is 0 Å². The highest BCUT2D eigenvalue weighted by Crippen LogP contribution is 2.60. The van der Waals surface area contributed by atoms with Crippen molar-refractivity contribution in [1.82, 2.24) is 4.57 Å². The van der Waals surface area contributed by atoms with Crippen molar-refractivity contribution < 1.29 is 14.3 Å². The molecule has 0 atom stereocenters. The van der Waals surface area contributed by atoms with Crippen LogP contribution in [0, 0.1) is 50.9 Å². The number of rotatable bonds is 5. The zero-order valence-electron chi connectivity index (χ0n) is 19.2. The Hall–Kier alpha value is -2.36. The summed E-state index contributed by atoms with van der Waals surface area (Å²) in [6.45, 7) is 8.03. The highest BCUT2D eigenvalue weighted by Gasteiger charge is 2.55. The molecule has 0 spiro atoms.